The van der Waals surface area contributed by atoms with E-state index in [0.717, 1.165) is 44.9 Å². The number of ether oxygens (including phenoxy) is 4. The Morgan fingerprint density at radius 1 is 0.443 bits per heavy atom. The lowest BCUT2D eigenvalue weighted by molar-refractivity contribution is -0.359. The van der Waals surface area contributed by atoms with Crippen LogP contribution in [0.1, 0.15) is 277 Å². The number of hydrogen-bond acceptors (Lipinski definition) is 13. The lowest BCUT2D eigenvalue weighted by Crippen LogP contribution is -2.65. The summed E-state index contributed by atoms with van der Waals surface area (Å²) in [5, 5.41) is 87.0. The molecule has 12 unspecified atom stereocenters. The molecule has 2 saturated heterocycles. The molecular weight excluding hydrogens is 1000 g/mol. The fourth-order valence-corrected chi connectivity index (χ4v) is 10.8. The first-order valence-corrected chi connectivity index (χ1v) is 32.7. The number of amides is 1. The van der Waals surface area contributed by atoms with Crippen LogP contribution in [0.4, 0.5) is 0 Å². The monoisotopic (exact) mass is 1120 g/mol. The van der Waals surface area contributed by atoms with Crippen LogP contribution in [0.15, 0.2) is 36.5 Å². The van der Waals surface area contributed by atoms with Crippen LogP contribution in [0.2, 0.25) is 0 Å². The van der Waals surface area contributed by atoms with E-state index in [1.807, 2.05) is 6.08 Å². The van der Waals surface area contributed by atoms with Crippen LogP contribution in [0.3, 0.4) is 0 Å². The van der Waals surface area contributed by atoms with Crippen molar-refractivity contribution in [2.45, 2.75) is 351 Å². The summed E-state index contributed by atoms with van der Waals surface area (Å²) in [6, 6.07) is -0.935. The van der Waals surface area contributed by atoms with Crippen LogP contribution < -0.4 is 5.32 Å². The van der Waals surface area contributed by atoms with E-state index in [0.29, 0.717) is 12.8 Å². The minimum atomic E-state index is -1.79. The van der Waals surface area contributed by atoms with Crippen LogP contribution in [-0.4, -0.2) is 140 Å². The third-order valence-corrected chi connectivity index (χ3v) is 16.1. The number of carbonyl (C=O) groups excluding carboxylic acids is 1. The van der Waals surface area contributed by atoms with E-state index in [1.54, 1.807) is 6.08 Å². The molecule has 79 heavy (non-hydrogen) atoms. The molecule has 14 heteroatoms. The van der Waals surface area contributed by atoms with Crippen LogP contribution in [0, 0.1) is 0 Å². The van der Waals surface area contributed by atoms with E-state index in [2.05, 4.69) is 43.5 Å². The average molecular weight is 1120 g/mol. The Morgan fingerprint density at radius 2 is 0.810 bits per heavy atom. The quantitative estimate of drug-likeness (QED) is 0.0204. The van der Waals surface area contributed by atoms with Gasteiger partial charge in [0.25, 0.3) is 0 Å². The summed E-state index contributed by atoms with van der Waals surface area (Å²) >= 11 is 0. The van der Waals surface area contributed by atoms with Crippen molar-refractivity contribution in [2.24, 2.45) is 0 Å². The summed E-state index contributed by atoms with van der Waals surface area (Å²) in [5.74, 6) is -0.250. The molecule has 2 aliphatic heterocycles. The highest BCUT2D eigenvalue weighted by molar-refractivity contribution is 5.76. The van der Waals surface area contributed by atoms with Gasteiger partial charge in [0.05, 0.1) is 32.0 Å². The number of allylic oxidation sites excluding steroid dienone is 5. The first kappa shape index (κ1) is 73.3. The molecule has 0 aromatic carbocycles. The molecule has 12 atom stereocenters. The van der Waals surface area contributed by atoms with Crippen molar-refractivity contribution >= 4 is 5.91 Å². The Labute approximate surface area is 481 Å². The zero-order chi connectivity index (χ0) is 57.4. The third-order valence-electron chi connectivity index (χ3n) is 16.1. The molecular formula is C65H121NO13. The second kappa shape index (κ2) is 50.7. The summed E-state index contributed by atoms with van der Waals surface area (Å²) in [6.07, 6.45) is 46.6. The van der Waals surface area contributed by atoms with Gasteiger partial charge in [-0.3, -0.25) is 4.79 Å². The van der Waals surface area contributed by atoms with E-state index >= 15 is 0 Å². The highest BCUT2D eigenvalue weighted by atomic mass is 16.7. The first-order chi connectivity index (χ1) is 38.6. The maximum atomic E-state index is 13.3. The van der Waals surface area contributed by atoms with Gasteiger partial charge in [-0.05, 0) is 44.9 Å². The molecule has 0 spiro atoms. The molecule has 0 bridgehead atoms. The average Bonchev–Trinajstić information content (AvgIpc) is 3.45. The van der Waals surface area contributed by atoms with Crippen molar-refractivity contribution < 1.29 is 64.6 Å². The summed E-state index contributed by atoms with van der Waals surface area (Å²) in [7, 11) is 0. The lowest BCUT2D eigenvalue weighted by atomic mass is 9.97. The molecule has 1 amide bonds. The Hall–Kier alpha value is -1.79. The van der Waals surface area contributed by atoms with Crippen molar-refractivity contribution in [1.29, 1.82) is 0 Å². The zero-order valence-corrected chi connectivity index (χ0v) is 50.1. The van der Waals surface area contributed by atoms with E-state index in [4.69, 9.17) is 18.9 Å². The number of carbonyl (C=O) groups is 1. The molecule has 0 aromatic rings. The SMILES string of the molecule is CCCCC/C=C/CC/C=C/CC/C=C/C(O)C(COC1OC(CO)C(OC2OC(CO)C(O)C(O)C2O)C(O)C1O)NC(=O)CCCCCCCCCCCCCCCCCCCCCCCCCCCCCCCCCC. The molecule has 2 heterocycles. The number of rotatable bonds is 53. The molecule has 0 radical (unpaired) electrons. The molecule has 0 aliphatic carbocycles. The van der Waals surface area contributed by atoms with Crippen molar-refractivity contribution in [3.05, 3.63) is 36.5 Å². The minimum Gasteiger partial charge on any atom is -0.394 e. The number of aliphatic hydroxyl groups is 8. The maximum absolute atomic E-state index is 13.3. The predicted molar refractivity (Wildman–Crippen MR) is 318 cm³/mol. The summed E-state index contributed by atoms with van der Waals surface area (Å²) in [6.45, 7) is 2.76. The van der Waals surface area contributed by atoms with E-state index in [1.165, 1.54) is 199 Å². The third kappa shape index (κ3) is 35.8. The van der Waals surface area contributed by atoms with Gasteiger partial charge in [-0.25, -0.2) is 0 Å². The molecule has 14 nitrogen and oxygen atoms in total. The standard InChI is InChI=1S/C65H121NO13/c1-3-5-7-9-11-13-15-17-18-19-20-21-22-23-24-25-26-27-28-29-30-31-32-33-34-35-37-39-41-43-45-47-49-57(70)66-53(54(69)48-46-44-42-40-38-36-16-14-12-10-8-6-4-2)52-76-64-62(75)60(73)63(56(51-68)78-64)79-65-61(74)59(72)58(71)55(50-67)77-65/h12,14,38,40,46,48,53-56,58-65,67-69,71-75H,3-11,13,15-37,39,41-45,47,49-52H2,1-2H3,(H,66,70)/b14-12+,40-38+,48-46+. The largest absolute Gasteiger partial charge is 0.394 e. The molecule has 464 valence electrons. The van der Waals surface area contributed by atoms with Crippen molar-refractivity contribution in [2.75, 3.05) is 19.8 Å². The first-order valence-electron chi connectivity index (χ1n) is 32.7. The second-order valence-corrected chi connectivity index (χ2v) is 23.2. The van der Waals surface area contributed by atoms with Gasteiger partial charge in [0.2, 0.25) is 5.91 Å². The van der Waals surface area contributed by atoms with Gasteiger partial charge >= 0.3 is 0 Å². The van der Waals surface area contributed by atoms with Crippen LogP contribution >= 0.6 is 0 Å². The van der Waals surface area contributed by atoms with Gasteiger partial charge in [0.15, 0.2) is 12.6 Å². The van der Waals surface area contributed by atoms with Gasteiger partial charge in [-0.1, -0.05) is 262 Å². The molecule has 0 saturated carbocycles. The zero-order valence-electron chi connectivity index (χ0n) is 50.1. The molecule has 9 N–H and O–H groups in total. The smallest absolute Gasteiger partial charge is 0.220 e. The fraction of sp³-hybridized carbons (Fsp3) is 0.892. The van der Waals surface area contributed by atoms with E-state index in [9.17, 15) is 45.6 Å². The van der Waals surface area contributed by atoms with Crippen molar-refractivity contribution in [3.63, 3.8) is 0 Å². The molecule has 0 aromatic heterocycles. The maximum Gasteiger partial charge on any atom is 0.220 e. The molecule has 2 fully saturated rings. The van der Waals surface area contributed by atoms with Gasteiger partial charge in [-0.2, -0.15) is 0 Å². The summed E-state index contributed by atoms with van der Waals surface area (Å²) < 4.78 is 22.7. The lowest BCUT2D eigenvalue weighted by Gasteiger charge is -2.46. The van der Waals surface area contributed by atoms with Crippen LogP contribution in [0.5, 0.6) is 0 Å². The highest BCUT2D eigenvalue weighted by Gasteiger charge is 2.51. The Kier molecular flexibility index (Phi) is 47.0. The van der Waals surface area contributed by atoms with Crippen molar-refractivity contribution in [1.82, 2.24) is 5.32 Å². The molecule has 2 aliphatic rings. The second-order valence-electron chi connectivity index (χ2n) is 23.2. The number of hydrogen-bond donors (Lipinski definition) is 9. The molecule has 2 rings (SSSR count). The minimum absolute atomic E-state index is 0.250. The van der Waals surface area contributed by atoms with Gasteiger partial charge in [0.1, 0.15) is 48.8 Å². The van der Waals surface area contributed by atoms with Gasteiger partial charge in [0, 0.05) is 6.42 Å². The summed E-state index contributed by atoms with van der Waals surface area (Å²) in [4.78, 5) is 13.3. The number of nitrogens with one attached hydrogen (secondary N) is 1. The number of unbranched alkanes of at least 4 members (excludes halogenated alkanes) is 36. The van der Waals surface area contributed by atoms with Crippen LogP contribution in [-0.2, 0) is 23.7 Å². The topological polar surface area (TPSA) is 228 Å². The Morgan fingerprint density at radius 3 is 1.24 bits per heavy atom. The fourth-order valence-electron chi connectivity index (χ4n) is 10.8. The van der Waals surface area contributed by atoms with Gasteiger partial charge < -0.3 is 65.1 Å². The van der Waals surface area contributed by atoms with Crippen molar-refractivity contribution in [3.8, 4) is 0 Å². The predicted octanol–water partition coefficient (Wildman–Crippen LogP) is 12.2. The Bertz CT molecular complexity index is 1460. The van der Waals surface area contributed by atoms with E-state index in [-0.39, 0.29) is 18.9 Å². The van der Waals surface area contributed by atoms with Gasteiger partial charge in [-0.15, -0.1) is 0 Å². The van der Waals surface area contributed by atoms with Crippen LogP contribution in [0.25, 0.3) is 0 Å². The number of aliphatic hydroxyl groups excluding tert-OH is 8. The Balaban J connectivity index is 1.63. The summed E-state index contributed by atoms with van der Waals surface area (Å²) in [5.41, 5.74) is 0. The normalized spacial score (nSPS) is 24.6. The highest BCUT2D eigenvalue weighted by Crippen LogP contribution is 2.30. The van der Waals surface area contributed by atoms with E-state index < -0.39 is 86.8 Å².